The fourth-order valence-electron chi connectivity index (χ4n) is 1.12. The molecule has 0 aromatic carbocycles. The van der Waals surface area contributed by atoms with Crippen molar-refractivity contribution in [1.82, 2.24) is 9.62 Å². The molecular formula is C7H13N2O2S. The molecule has 1 fully saturated rings. The molecule has 1 aliphatic rings. The molecule has 0 aliphatic carbocycles. The maximum Gasteiger partial charge on any atom is 0.217 e. The molecule has 0 bridgehead atoms. The minimum absolute atomic E-state index is 0.0347. The molecular weight excluding hydrogens is 176 g/mol. The van der Waals surface area contributed by atoms with Gasteiger partial charge in [-0.05, 0) is 0 Å². The van der Waals surface area contributed by atoms with Crippen molar-refractivity contribution in [3.05, 3.63) is 12.7 Å². The zero-order chi connectivity index (χ0) is 9.03. The molecule has 1 heterocycles. The third-order valence-electron chi connectivity index (χ3n) is 1.74. The number of nitrogens with zero attached hydrogens (tertiary/aromatic N) is 2. The van der Waals surface area contributed by atoms with Crippen LogP contribution in [0.3, 0.4) is 0 Å². The summed E-state index contributed by atoms with van der Waals surface area (Å²) in [5.74, 6) is 0.0347. The predicted octanol–water partition coefficient (Wildman–Crippen LogP) is -0.578. The monoisotopic (exact) mass is 189 g/mol. The molecule has 0 aromatic rings. The van der Waals surface area contributed by atoms with E-state index in [9.17, 15) is 8.42 Å². The van der Waals surface area contributed by atoms with Gasteiger partial charge in [0.25, 0.3) is 0 Å². The lowest BCUT2D eigenvalue weighted by Gasteiger charge is -2.24. The fourth-order valence-corrected chi connectivity index (χ4v) is 2.35. The highest BCUT2D eigenvalue weighted by Gasteiger charge is 2.22. The molecule has 0 atom stereocenters. The largest absolute Gasteiger partial charge is 0.239 e. The highest BCUT2D eigenvalue weighted by Crippen LogP contribution is 2.03. The first-order valence-corrected chi connectivity index (χ1v) is 5.50. The van der Waals surface area contributed by atoms with Gasteiger partial charge in [-0.3, -0.25) is 0 Å². The summed E-state index contributed by atoms with van der Waals surface area (Å²) < 4.78 is 24.3. The van der Waals surface area contributed by atoms with E-state index in [0.29, 0.717) is 26.2 Å². The van der Waals surface area contributed by atoms with E-state index in [2.05, 4.69) is 11.9 Å². The number of hydrogen-bond donors (Lipinski definition) is 0. The van der Waals surface area contributed by atoms with Crippen molar-refractivity contribution in [1.29, 1.82) is 0 Å². The molecule has 0 unspecified atom stereocenters. The average molecular weight is 189 g/mol. The summed E-state index contributed by atoms with van der Waals surface area (Å²) in [5, 5.41) is 4.07. The second-order valence-electron chi connectivity index (χ2n) is 2.64. The van der Waals surface area contributed by atoms with Crippen molar-refractivity contribution in [2.45, 2.75) is 0 Å². The molecule has 1 saturated heterocycles. The lowest BCUT2D eigenvalue weighted by molar-refractivity contribution is 0.357. The average Bonchev–Trinajstić information content (AvgIpc) is 2.06. The summed E-state index contributed by atoms with van der Waals surface area (Å²) in [5.41, 5.74) is 0. The van der Waals surface area contributed by atoms with Gasteiger partial charge in [-0.15, -0.1) is 6.58 Å². The summed E-state index contributed by atoms with van der Waals surface area (Å²) >= 11 is 0. The van der Waals surface area contributed by atoms with Crippen LogP contribution in [0.1, 0.15) is 0 Å². The third-order valence-corrected chi connectivity index (χ3v) is 3.55. The van der Waals surface area contributed by atoms with Crippen molar-refractivity contribution >= 4 is 10.0 Å². The molecule has 4 nitrogen and oxygen atoms in total. The van der Waals surface area contributed by atoms with E-state index in [1.54, 1.807) is 0 Å². The lowest BCUT2D eigenvalue weighted by Crippen LogP contribution is -2.44. The van der Waals surface area contributed by atoms with Crippen LogP contribution < -0.4 is 5.32 Å². The molecule has 5 heteroatoms. The Bertz CT molecular complexity index is 242. The molecule has 0 spiro atoms. The van der Waals surface area contributed by atoms with Crippen LogP contribution in [0.5, 0.6) is 0 Å². The molecule has 12 heavy (non-hydrogen) atoms. The van der Waals surface area contributed by atoms with Crippen LogP contribution in [-0.2, 0) is 10.0 Å². The molecule has 1 rings (SSSR count). The van der Waals surface area contributed by atoms with Gasteiger partial charge >= 0.3 is 0 Å². The number of hydrogen-bond acceptors (Lipinski definition) is 2. The first kappa shape index (κ1) is 9.70. The maximum absolute atomic E-state index is 11.4. The van der Waals surface area contributed by atoms with Gasteiger partial charge in [-0.25, -0.2) is 13.7 Å². The molecule has 0 aromatic heterocycles. The molecule has 0 saturated carbocycles. The van der Waals surface area contributed by atoms with Gasteiger partial charge in [0.2, 0.25) is 10.0 Å². The molecule has 0 amide bonds. The quantitative estimate of drug-likeness (QED) is 0.558. The highest BCUT2D eigenvalue weighted by atomic mass is 32.2. The maximum atomic E-state index is 11.4. The van der Waals surface area contributed by atoms with Crippen LogP contribution in [0.15, 0.2) is 12.7 Å². The van der Waals surface area contributed by atoms with Crippen LogP contribution in [0.4, 0.5) is 0 Å². The molecule has 1 radical (unpaired) electrons. The van der Waals surface area contributed by atoms with Crippen LogP contribution in [0.25, 0.3) is 0 Å². The van der Waals surface area contributed by atoms with E-state index in [0.717, 1.165) is 0 Å². The van der Waals surface area contributed by atoms with Crippen LogP contribution in [0.2, 0.25) is 0 Å². The van der Waals surface area contributed by atoms with Crippen molar-refractivity contribution in [2.75, 3.05) is 31.9 Å². The standard InChI is InChI=1S/C7H13N2O2S/c1-2-7-12(10,11)9-5-3-8-4-6-9/h2H,1,3-7H2. The van der Waals surface area contributed by atoms with Gasteiger partial charge in [0.15, 0.2) is 0 Å². The van der Waals surface area contributed by atoms with E-state index >= 15 is 0 Å². The normalized spacial score (nSPS) is 20.7. The minimum atomic E-state index is -3.08. The van der Waals surface area contributed by atoms with Gasteiger partial charge < -0.3 is 0 Å². The molecule has 0 N–H and O–H groups in total. The van der Waals surface area contributed by atoms with E-state index in [4.69, 9.17) is 0 Å². The van der Waals surface area contributed by atoms with Crippen molar-refractivity contribution in [2.24, 2.45) is 0 Å². The topological polar surface area (TPSA) is 51.5 Å². The first-order chi connectivity index (χ1) is 5.67. The third kappa shape index (κ3) is 2.30. The van der Waals surface area contributed by atoms with Gasteiger partial charge in [0.1, 0.15) is 0 Å². The Kier molecular flexibility index (Phi) is 3.25. The van der Waals surface area contributed by atoms with Crippen LogP contribution in [-0.4, -0.2) is 44.7 Å². The van der Waals surface area contributed by atoms with Crippen LogP contribution >= 0.6 is 0 Å². The fraction of sp³-hybridized carbons (Fsp3) is 0.714. The smallest absolute Gasteiger partial charge is 0.217 e. The lowest BCUT2D eigenvalue weighted by atomic mass is 10.4. The summed E-state index contributed by atoms with van der Waals surface area (Å²) in [4.78, 5) is 0. The summed E-state index contributed by atoms with van der Waals surface area (Å²) in [6, 6.07) is 0. The van der Waals surface area contributed by atoms with E-state index in [1.807, 2.05) is 0 Å². The molecule has 69 valence electrons. The van der Waals surface area contributed by atoms with Gasteiger partial charge in [-0.1, -0.05) is 6.08 Å². The Morgan fingerprint density at radius 3 is 2.50 bits per heavy atom. The summed E-state index contributed by atoms with van der Waals surface area (Å²) in [6.07, 6.45) is 1.42. The highest BCUT2D eigenvalue weighted by molar-refractivity contribution is 7.89. The Morgan fingerprint density at radius 2 is 2.00 bits per heavy atom. The zero-order valence-corrected chi connectivity index (χ0v) is 7.76. The molecule has 1 aliphatic heterocycles. The predicted molar refractivity (Wildman–Crippen MR) is 47.4 cm³/mol. The van der Waals surface area contributed by atoms with E-state index < -0.39 is 10.0 Å². The second-order valence-corrected chi connectivity index (χ2v) is 4.65. The van der Waals surface area contributed by atoms with E-state index in [1.165, 1.54) is 10.4 Å². The second kappa shape index (κ2) is 4.02. The summed E-state index contributed by atoms with van der Waals surface area (Å²) in [6.45, 7) is 5.70. The van der Waals surface area contributed by atoms with Crippen molar-refractivity contribution in [3.8, 4) is 0 Å². The first-order valence-electron chi connectivity index (χ1n) is 3.89. The number of rotatable bonds is 3. The van der Waals surface area contributed by atoms with Crippen LogP contribution in [0, 0.1) is 0 Å². The van der Waals surface area contributed by atoms with Crippen molar-refractivity contribution < 1.29 is 8.42 Å². The Labute approximate surface area is 73.3 Å². The Balaban J connectivity index is 2.60. The Hall–Kier alpha value is -0.390. The van der Waals surface area contributed by atoms with Gasteiger partial charge in [-0.2, -0.15) is 4.31 Å². The van der Waals surface area contributed by atoms with Gasteiger partial charge in [0.05, 0.1) is 5.75 Å². The minimum Gasteiger partial charge on any atom is -0.239 e. The number of sulfonamides is 1. The SMILES string of the molecule is C=CCS(=O)(=O)N1CC[N]CC1. The van der Waals surface area contributed by atoms with Crippen molar-refractivity contribution in [3.63, 3.8) is 0 Å². The number of piperazine rings is 1. The van der Waals surface area contributed by atoms with E-state index in [-0.39, 0.29) is 5.75 Å². The summed E-state index contributed by atoms with van der Waals surface area (Å²) in [7, 11) is -3.08. The zero-order valence-electron chi connectivity index (χ0n) is 6.94. The van der Waals surface area contributed by atoms with Gasteiger partial charge in [0, 0.05) is 26.2 Å². The Morgan fingerprint density at radius 1 is 1.42 bits per heavy atom.